The summed E-state index contributed by atoms with van der Waals surface area (Å²) in [4.78, 5) is 12.4. The van der Waals surface area contributed by atoms with Crippen molar-refractivity contribution in [2.75, 3.05) is 6.61 Å². The Morgan fingerprint density at radius 3 is 2.70 bits per heavy atom. The predicted octanol–water partition coefficient (Wildman–Crippen LogP) is 3.16. The lowest BCUT2D eigenvalue weighted by Gasteiger charge is -2.25. The molecule has 0 N–H and O–H groups in total. The highest BCUT2D eigenvalue weighted by atomic mass is 19.1. The summed E-state index contributed by atoms with van der Waals surface area (Å²) in [5.41, 5.74) is 1.05. The van der Waals surface area contributed by atoms with Crippen molar-refractivity contribution in [1.82, 2.24) is 0 Å². The third-order valence-electron chi connectivity index (χ3n) is 3.25. The van der Waals surface area contributed by atoms with Crippen LogP contribution in [0.2, 0.25) is 0 Å². The van der Waals surface area contributed by atoms with Crippen molar-refractivity contribution in [2.24, 2.45) is 0 Å². The van der Waals surface area contributed by atoms with Gasteiger partial charge in [0.25, 0.3) is 0 Å². The van der Waals surface area contributed by atoms with Gasteiger partial charge < -0.3 is 9.47 Å². The minimum atomic E-state index is -0.700. The summed E-state index contributed by atoms with van der Waals surface area (Å²) < 4.78 is 24.3. The second kappa shape index (κ2) is 4.96. The molecule has 1 aliphatic heterocycles. The van der Waals surface area contributed by atoms with E-state index < -0.39 is 6.10 Å². The maximum absolute atomic E-state index is 13.1. The number of carbonyl (C=O) groups is 1. The van der Waals surface area contributed by atoms with Crippen molar-refractivity contribution in [3.63, 3.8) is 0 Å². The number of rotatable bonds is 2. The first kappa shape index (κ1) is 12.7. The summed E-state index contributed by atoms with van der Waals surface area (Å²) in [5, 5.41) is 0. The van der Waals surface area contributed by atoms with Gasteiger partial charge in [-0.05, 0) is 42.8 Å². The Labute approximate surface area is 115 Å². The highest BCUT2D eigenvalue weighted by molar-refractivity contribution is 6.01. The Balaban J connectivity index is 1.86. The monoisotopic (exact) mass is 272 g/mol. The highest BCUT2D eigenvalue weighted by Gasteiger charge is 2.28. The van der Waals surface area contributed by atoms with Crippen molar-refractivity contribution in [2.45, 2.75) is 13.0 Å². The number of benzene rings is 2. The standard InChI is InChI=1S/C16H13FO3/c1-10-8-11(17)6-7-12(10)16(18)15-9-19-13-4-2-3-5-14(13)20-15/h2-8,15H,9H2,1H3. The molecule has 1 heterocycles. The van der Waals surface area contributed by atoms with Crippen molar-refractivity contribution >= 4 is 5.78 Å². The third-order valence-corrected chi connectivity index (χ3v) is 3.25. The molecule has 0 fully saturated rings. The van der Waals surface area contributed by atoms with Crippen LogP contribution in [0, 0.1) is 12.7 Å². The highest BCUT2D eigenvalue weighted by Crippen LogP contribution is 2.31. The minimum absolute atomic E-state index is 0.159. The zero-order chi connectivity index (χ0) is 14.1. The molecule has 0 amide bonds. The zero-order valence-corrected chi connectivity index (χ0v) is 10.9. The van der Waals surface area contributed by atoms with E-state index in [1.54, 1.807) is 19.1 Å². The topological polar surface area (TPSA) is 35.5 Å². The molecular formula is C16H13FO3. The Hall–Kier alpha value is -2.36. The number of halogens is 1. The van der Waals surface area contributed by atoms with Gasteiger partial charge in [0.05, 0.1) is 0 Å². The van der Waals surface area contributed by atoms with Crippen LogP contribution in [0.15, 0.2) is 42.5 Å². The average Bonchev–Trinajstić information content (AvgIpc) is 2.46. The largest absolute Gasteiger partial charge is 0.485 e. The summed E-state index contributed by atoms with van der Waals surface area (Å²) in [5.74, 6) is 0.631. The maximum Gasteiger partial charge on any atom is 0.207 e. The van der Waals surface area contributed by atoms with Crippen LogP contribution in [-0.2, 0) is 0 Å². The van der Waals surface area contributed by atoms with Gasteiger partial charge in [-0.3, -0.25) is 4.79 Å². The average molecular weight is 272 g/mol. The molecule has 102 valence electrons. The molecular weight excluding hydrogens is 259 g/mol. The summed E-state index contributed by atoms with van der Waals surface area (Å²) in [6.45, 7) is 1.86. The molecule has 1 atom stereocenters. The second-order valence-electron chi connectivity index (χ2n) is 4.69. The van der Waals surface area contributed by atoms with Crippen LogP contribution in [0.5, 0.6) is 11.5 Å². The normalized spacial score (nSPS) is 16.8. The van der Waals surface area contributed by atoms with Crippen molar-refractivity contribution < 1.29 is 18.7 Å². The van der Waals surface area contributed by atoms with Crippen LogP contribution in [0.1, 0.15) is 15.9 Å². The SMILES string of the molecule is Cc1cc(F)ccc1C(=O)C1COc2ccccc2O1. The van der Waals surface area contributed by atoms with E-state index in [2.05, 4.69) is 0 Å². The van der Waals surface area contributed by atoms with Gasteiger partial charge in [-0.25, -0.2) is 4.39 Å². The van der Waals surface area contributed by atoms with E-state index >= 15 is 0 Å². The first-order chi connectivity index (χ1) is 9.65. The van der Waals surface area contributed by atoms with Crippen LogP contribution < -0.4 is 9.47 Å². The van der Waals surface area contributed by atoms with E-state index in [0.717, 1.165) is 0 Å². The molecule has 0 bridgehead atoms. The molecule has 3 rings (SSSR count). The van der Waals surface area contributed by atoms with E-state index in [1.165, 1.54) is 18.2 Å². The quantitative estimate of drug-likeness (QED) is 0.788. The first-order valence-corrected chi connectivity index (χ1v) is 6.34. The molecule has 0 aliphatic carbocycles. The number of Topliss-reactive ketones (excluding diaryl/α,β-unsaturated/α-hetero) is 1. The lowest BCUT2D eigenvalue weighted by atomic mass is 10.0. The van der Waals surface area contributed by atoms with Crippen LogP contribution in [-0.4, -0.2) is 18.5 Å². The number of ether oxygens (including phenoxy) is 2. The minimum Gasteiger partial charge on any atom is -0.485 e. The molecule has 0 spiro atoms. The first-order valence-electron chi connectivity index (χ1n) is 6.34. The molecule has 1 unspecified atom stereocenters. The smallest absolute Gasteiger partial charge is 0.207 e. The Kier molecular flexibility index (Phi) is 3.14. The van der Waals surface area contributed by atoms with Crippen molar-refractivity contribution in [3.05, 3.63) is 59.4 Å². The predicted molar refractivity (Wildman–Crippen MR) is 71.8 cm³/mol. The fraction of sp³-hybridized carbons (Fsp3) is 0.188. The molecule has 4 heteroatoms. The summed E-state index contributed by atoms with van der Waals surface area (Å²) in [6, 6.07) is 11.3. The summed E-state index contributed by atoms with van der Waals surface area (Å²) >= 11 is 0. The Bertz CT molecular complexity index is 667. The summed E-state index contributed by atoms with van der Waals surface area (Å²) in [6.07, 6.45) is -0.700. The van der Waals surface area contributed by atoms with E-state index in [4.69, 9.17) is 9.47 Å². The number of carbonyl (C=O) groups excluding carboxylic acids is 1. The molecule has 0 aromatic heterocycles. The van der Waals surface area contributed by atoms with Crippen LogP contribution in [0.3, 0.4) is 0 Å². The molecule has 0 saturated carbocycles. The fourth-order valence-corrected chi connectivity index (χ4v) is 2.23. The van der Waals surface area contributed by atoms with Gasteiger partial charge in [0.15, 0.2) is 17.6 Å². The second-order valence-corrected chi connectivity index (χ2v) is 4.69. The number of hydrogen-bond acceptors (Lipinski definition) is 3. The Morgan fingerprint density at radius 2 is 1.95 bits per heavy atom. The van der Waals surface area contributed by atoms with E-state index in [0.29, 0.717) is 22.6 Å². The van der Waals surface area contributed by atoms with Crippen LogP contribution in [0.25, 0.3) is 0 Å². The maximum atomic E-state index is 13.1. The van der Waals surface area contributed by atoms with Gasteiger partial charge in [0.2, 0.25) is 5.78 Å². The molecule has 0 saturated heterocycles. The van der Waals surface area contributed by atoms with Crippen LogP contribution >= 0.6 is 0 Å². The molecule has 2 aromatic rings. The van der Waals surface area contributed by atoms with Gasteiger partial charge in [0.1, 0.15) is 12.4 Å². The molecule has 0 radical (unpaired) electrons. The number of fused-ring (bicyclic) bond motifs is 1. The summed E-state index contributed by atoms with van der Waals surface area (Å²) in [7, 11) is 0. The van der Waals surface area contributed by atoms with E-state index in [-0.39, 0.29) is 18.2 Å². The molecule has 20 heavy (non-hydrogen) atoms. The third kappa shape index (κ3) is 2.25. The van der Waals surface area contributed by atoms with Crippen molar-refractivity contribution in [3.8, 4) is 11.5 Å². The molecule has 1 aliphatic rings. The van der Waals surface area contributed by atoms with Gasteiger partial charge in [-0.2, -0.15) is 0 Å². The van der Waals surface area contributed by atoms with E-state index in [1.807, 2.05) is 12.1 Å². The van der Waals surface area contributed by atoms with Gasteiger partial charge in [-0.1, -0.05) is 12.1 Å². The molecule has 3 nitrogen and oxygen atoms in total. The van der Waals surface area contributed by atoms with Gasteiger partial charge in [-0.15, -0.1) is 0 Å². The number of ketones is 1. The number of para-hydroxylation sites is 2. The number of hydrogen-bond donors (Lipinski definition) is 0. The fourth-order valence-electron chi connectivity index (χ4n) is 2.23. The Morgan fingerprint density at radius 1 is 1.20 bits per heavy atom. The van der Waals surface area contributed by atoms with Crippen molar-refractivity contribution in [1.29, 1.82) is 0 Å². The lowest BCUT2D eigenvalue weighted by Crippen LogP contribution is -2.36. The molecule has 2 aromatic carbocycles. The lowest BCUT2D eigenvalue weighted by molar-refractivity contribution is 0.0585. The van der Waals surface area contributed by atoms with Crippen LogP contribution in [0.4, 0.5) is 4.39 Å². The van der Waals surface area contributed by atoms with Gasteiger partial charge in [0, 0.05) is 5.56 Å². The number of aryl methyl sites for hydroxylation is 1. The van der Waals surface area contributed by atoms with Gasteiger partial charge >= 0.3 is 0 Å². The van der Waals surface area contributed by atoms with E-state index in [9.17, 15) is 9.18 Å². The zero-order valence-electron chi connectivity index (χ0n) is 10.9.